The summed E-state index contributed by atoms with van der Waals surface area (Å²) in [6.07, 6.45) is 4.14. The molecule has 5 nitrogen and oxygen atoms in total. The fourth-order valence-electron chi connectivity index (χ4n) is 5.07. The maximum Gasteiger partial charge on any atom is 0.179 e. The molecule has 2 aromatic carbocycles. The lowest BCUT2D eigenvalue weighted by Gasteiger charge is -2.40. The maximum absolute atomic E-state index is 13.7. The first kappa shape index (κ1) is 27.2. The van der Waals surface area contributed by atoms with E-state index in [1.165, 1.54) is 0 Å². The van der Waals surface area contributed by atoms with E-state index in [2.05, 4.69) is 13.8 Å². The molecular weight excluding hydrogens is 434 g/mol. The van der Waals surface area contributed by atoms with E-state index in [0.717, 1.165) is 36.9 Å². The van der Waals surface area contributed by atoms with E-state index in [-0.39, 0.29) is 18.9 Å². The van der Waals surface area contributed by atoms with Gasteiger partial charge in [0.2, 0.25) is 0 Å². The van der Waals surface area contributed by atoms with Crippen LogP contribution in [0.5, 0.6) is 5.75 Å². The highest BCUT2D eigenvalue weighted by atomic mass is 32.2. The minimum Gasteiger partial charge on any atom is -0.508 e. The Hall–Kier alpha value is -2.05. The molecule has 1 heterocycles. The van der Waals surface area contributed by atoms with E-state index in [9.17, 15) is 18.6 Å². The maximum atomic E-state index is 13.7. The molecule has 0 spiro atoms. The largest absolute Gasteiger partial charge is 0.508 e. The van der Waals surface area contributed by atoms with Gasteiger partial charge in [0.05, 0.1) is 16.8 Å². The zero-order chi connectivity index (χ0) is 23.5. The van der Waals surface area contributed by atoms with Crippen LogP contribution < -0.4 is 4.90 Å². The molecule has 0 aliphatic carbocycles. The number of sulfone groups is 1. The second-order valence-electron chi connectivity index (χ2n) is 9.46. The Morgan fingerprint density at radius 3 is 2.09 bits per heavy atom. The van der Waals surface area contributed by atoms with Crippen LogP contribution >= 0.6 is 0 Å². The van der Waals surface area contributed by atoms with Crippen molar-refractivity contribution in [3.8, 4) is 5.75 Å². The third kappa shape index (κ3) is 5.55. The van der Waals surface area contributed by atoms with Crippen LogP contribution in [0.2, 0.25) is 0 Å². The summed E-state index contributed by atoms with van der Waals surface area (Å²) in [6.45, 7) is 4.20. The number of rotatable bonds is 8. The van der Waals surface area contributed by atoms with Crippen molar-refractivity contribution in [2.45, 2.75) is 76.7 Å². The Labute approximate surface area is 200 Å². The normalized spacial score (nSPS) is 20.9. The molecule has 6 heteroatoms. The van der Waals surface area contributed by atoms with Gasteiger partial charge >= 0.3 is 0 Å². The number of hydrogen-bond donors (Lipinski definition) is 2. The summed E-state index contributed by atoms with van der Waals surface area (Å²) in [5.41, 5.74) is 1.64. The predicted octanol–water partition coefficient (Wildman–Crippen LogP) is 5.74. The summed E-state index contributed by atoms with van der Waals surface area (Å²) in [5.74, 6) is -0.379. The van der Waals surface area contributed by atoms with Gasteiger partial charge in [-0.25, -0.2) is 8.42 Å². The zero-order valence-corrected chi connectivity index (χ0v) is 20.5. The zero-order valence-electron chi connectivity index (χ0n) is 19.7. The monoisotopic (exact) mass is 475 g/mol. The van der Waals surface area contributed by atoms with Gasteiger partial charge in [-0.05, 0) is 54.3 Å². The minimum absolute atomic E-state index is 0. The van der Waals surface area contributed by atoms with E-state index in [4.69, 9.17) is 0 Å². The first-order valence-corrected chi connectivity index (χ1v) is 13.3. The lowest BCUT2D eigenvalue weighted by Crippen LogP contribution is -2.43. The highest BCUT2D eigenvalue weighted by molar-refractivity contribution is 7.91. The third-order valence-corrected chi connectivity index (χ3v) is 8.91. The van der Waals surface area contributed by atoms with Gasteiger partial charge in [-0.1, -0.05) is 59.1 Å². The van der Waals surface area contributed by atoms with Crippen molar-refractivity contribution in [3.63, 3.8) is 0 Å². The van der Waals surface area contributed by atoms with E-state index in [1.54, 1.807) is 30.3 Å². The molecule has 0 bridgehead atoms. The van der Waals surface area contributed by atoms with Gasteiger partial charge in [-0.3, -0.25) is 0 Å². The average Bonchev–Trinajstić information content (AvgIpc) is 2.83. The van der Waals surface area contributed by atoms with Crippen LogP contribution in [0.3, 0.4) is 0 Å². The smallest absolute Gasteiger partial charge is 0.179 e. The van der Waals surface area contributed by atoms with Crippen LogP contribution in [-0.4, -0.2) is 44.6 Å². The fourth-order valence-corrected chi connectivity index (χ4v) is 7.26. The van der Waals surface area contributed by atoms with Gasteiger partial charge in [0.1, 0.15) is 5.75 Å². The van der Waals surface area contributed by atoms with Gasteiger partial charge in [0.15, 0.2) is 9.84 Å². The van der Waals surface area contributed by atoms with Gasteiger partial charge in [-0.2, -0.15) is 0 Å². The molecule has 1 aliphatic heterocycles. The van der Waals surface area contributed by atoms with Crippen molar-refractivity contribution in [2.24, 2.45) is 5.41 Å². The summed E-state index contributed by atoms with van der Waals surface area (Å²) < 4.78 is 27.5. The number of aliphatic hydroxyl groups excluding tert-OH is 1. The molecule has 0 amide bonds. The topological polar surface area (TPSA) is 77.8 Å². The van der Waals surface area contributed by atoms with Crippen LogP contribution in [0.1, 0.15) is 76.8 Å². The van der Waals surface area contributed by atoms with E-state index >= 15 is 0 Å². The molecule has 2 N–H and O–H groups in total. The number of anilines is 1. The number of fused-ring (bicyclic) bond motifs is 1. The molecule has 0 fully saturated rings. The molecule has 1 aliphatic rings. The van der Waals surface area contributed by atoms with Gasteiger partial charge in [0, 0.05) is 31.1 Å². The van der Waals surface area contributed by atoms with Crippen molar-refractivity contribution in [1.29, 1.82) is 0 Å². The SMILES string of the molecule is C.CCCCC1(CCCC)CS(=O)(=O)c2ccc(N(C)C)cc2C(c2ccc(O)cc2)C1O. The predicted molar refractivity (Wildman–Crippen MR) is 137 cm³/mol. The Kier molecular flexibility index (Phi) is 9.00. The molecule has 0 radical (unpaired) electrons. The number of hydrogen-bond acceptors (Lipinski definition) is 5. The van der Waals surface area contributed by atoms with Gasteiger partial charge in [-0.15, -0.1) is 0 Å². The number of unbranched alkanes of at least 4 members (excludes halogenated alkanes) is 2. The summed E-state index contributed by atoms with van der Waals surface area (Å²) in [5, 5.41) is 21.8. The second-order valence-corrected chi connectivity index (χ2v) is 11.4. The van der Waals surface area contributed by atoms with E-state index in [0.29, 0.717) is 23.3 Å². The number of benzene rings is 2. The molecule has 0 saturated heterocycles. The number of phenolic OH excluding ortho intramolecular Hbond substituents is 1. The van der Waals surface area contributed by atoms with Crippen molar-refractivity contribution in [1.82, 2.24) is 0 Å². The highest BCUT2D eigenvalue weighted by Crippen LogP contribution is 2.50. The Bertz CT molecular complexity index is 1010. The average molecular weight is 476 g/mol. The summed E-state index contributed by atoms with van der Waals surface area (Å²) in [7, 11) is 0.245. The van der Waals surface area contributed by atoms with Crippen LogP contribution in [-0.2, 0) is 9.84 Å². The van der Waals surface area contributed by atoms with Crippen molar-refractivity contribution >= 4 is 15.5 Å². The molecule has 0 saturated carbocycles. The molecule has 2 atom stereocenters. The van der Waals surface area contributed by atoms with Gasteiger partial charge in [0.25, 0.3) is 0 Å². The Morgan fingerprint density at radius 2 is 1.58 bits per heavy atom. The van der Waals surface area contributed by atoms with Crippen molar-refractivity contribution in [3.05, 3.63) is 53.6 Å². The minimum atomic E-state index is -3.60. The summed E-state index contributed by atoms with van der Waals surface area (Å²) in [4.78, 5) is 2.26. The second kappa shape index (κ2) is 10.9. The summed E-state index contributed by atoms with van der Waals surface area (Å²) >= 11 is 0. The summed E-state index contributed by atoms with van der Waals surface area (Å²) in [6, 6.07) is 12.3. The molecular formula is C27H41NO4S. The molecule has 184 valence electrons. The van der Waals surface area contributed by atoms with Gasteiger partial charge < -0.3 is 15.1 Å². The first-order valence-electron chi connectivity index (χ1n) is 11.7. The number of nitrogens with zero attached hydrogens (tertiary/aromatic N) is 1. The van der Waals surface area contributed by atoms with Crippen molar-refractivity contribution < 1.29 is 18.6 Å². The molecule has 2 unspecified atom stereocenters. The Balaban J connectivity index is 0.00000385. The highest BCUT2D eigenvalue weighted by Gasteiger charge is 2.49. The lowest BCUT2D eigenvalue weighted by molar-refractivity contribution is 0.0127. The first-order chi connectivity index (χ1) is 15.1. The van der Waals surface area contributed by atoms with Crippen molar-refractivity contribution in [2.75, 3.05) is 24.7 Å². The van der Waals surface area contributed by atoms with Crippen LogP contribution in [0, 0.1) is 5.41 Å². The van der Waals surface area contributed by atoms with Crippen LogP contribution in [0.15, 0.2) is 47.4 Å². The third-order valence-electron chi connectivity index (χ3n) is 6.91. The Morgan fingerprint density at radius 1 is 1.00 bits per heavy atom. The van der Waals surface area contributed by atoms with E-state index in [1.807, 2.05) is 31.1 Å². The lowest BCUT2D eigenvalue weighted by atomic mass is 9.68. The number of phenols is 1. The van der Waals surface area contributed by atoms with Crippen LogP contribution in [0.25, 0.3) is 0 Å². The van der Waals surface area contributed by atoms with E-state index < -0.39 is 27.3 Å². The van der Waals surface area contributed by atoms with Crippen LogP contribution in [0.4, 0.5) is 5.69 Å². The molecule has 33 heavy (non-hydrogen) atoms. The molecule has 3 rings (SSSR count). The number of aliphatic hydroxyl groups is 1. The molecule has 2 aromatic rings. The standard InChI is InChI=1S/C26H37NO4S.CH4/c1-5-7-15-26(16-8-6-2)18-32(30,31)23-14-11-20(27(3)4)17-22(23)24(25(26)29)19-9-12-21(28)13-10-19;/h9-14,17,24-25,28-29H,5-8,15-16,18H2,1-4H3;1H4. The quantitative estimate of drug-likeness (QED) is 0.509. The molecule has 0 aromatic heterocycles. The fraction of sp³-hybridized carbons (Fsp3) is 0.556. The number of aromatic hydroxyl groups is 1.